The second kappa shape index (κ2) is 13.6. The number of benzene rings is 6. The van der Waals surface area contributed by atoms with E-state index in [0.29, 0.717) is 0 Å². The molecular weight excluding hydrogens is 804 g/mol. The molecule has 0 aliphatic rings. The van der Waals surface area contributed by atoms with Crippen molar-refractivity contribution in [2.45, 2.75) is 19.3 Å². The van der Waals surface area contributed by atoms with Gasteiger partial charge in [-0.3, -0.25) is 0 Å². The van der Waals surface area contributed by atoms with E-state index in [0.717, 1.165) is 71.1 Å². The van der Waals surface area contributed by atoms with Gasteiger partial charge in [0.05, 0.1) is 0 Å². The van der Waals surface area contributed by atoms with Gasteiger partial charge in [0.2, 0.25) is 0 Å². The van der Waals surface area contributed by atoms with Crippen molar-refractivity contribution in [3.8, 4) is 27.9 Å². The first-order valence-corrected chi connectivity index (χ1v) is 18.2. The van der Waals surface area contributed by atoms with E-state index in [2.05, 4.69) is 218 Å². The Morgan fingerprint density at radius 2 is 1.16 bits per heavy atom. The average Bonchev–Trinajstić information content (AvgIpc) is 3.45. The van der Waals surface area contributed by atoms with Crippen molar-refractivity contribution in [2.24, 2.45) is 7.05 Å². The van der Waals surface area contributed by atoms with E-state index in [-0.39, 0.29) is 5.41 Å². The third kappa shape index (κ3) is 6.00. The molecule has 0 amide bonds. The molecule has 0 unspecified atom stereocenters. The predicted molar refractivity (Wildman–Crippen MR) is 205 cm³/mol. The van der Waals surface area contributed by atoms with Gasteiger partial charge in [-0.1, -0.05) is 6.07 Å². The van der Waals surface area contributed by atoms with Crippen LogP contribution < -0.4 is 4.90 Å². The fraction of sp³-hybridized carbons (Fsp3) is 0.0870. The molecule has 0 saturated carbocycles. The Bertz CT molecular complexity index is 2480. The standard InChI is InChI=1S/C46H36N4.Pt/c1-46(2,44-29-12-13-30-47-44)36-21-14-23-38(31-36)50(39-24-15-22-37(32-39)49-33-48(3)42-27-10-11-28-43(42)49)45-40(34-17-6-4-7-18-34)25-16-26-41(45)35-19-8-5-9-20-35;/h4-30H,1-3H3;/q-2;. The molecule has 4 nitrogen and oxygen atoms in total. The summed E-state index contributed by atoms with van der Waals surface area (Å²) in [6.07, 6.45) is 1.86. The molecule has 5 heteroatoms. The summed E-state index contributed by atoms with van der Waals surface area (Å²) < 4.78 is 5.60. The maximum absolute atomic E-state index is 4.76. The van der Waals surface area contributed by atoms with Crippen LogP contribution in [0.1, 0.15) is 25.1 Å². The third-order valence-corrected chi connectivity index (χ3v) is 10.9. The predicted octanol–water partition coefficient (Wildman–Crippen LogP) is 11.2. The van der Waals surface area contributed by atoms with Crippen molar-refractivity contribution in [3.05, 3.63) is 191 Å². The van der Waals surface area contributed by atoms with Crippen LogP contribution in [0.25, 0.3) is 39.0 Å². The fourth-order valence-electron chi connectivity index (χ4n) is 6.88. The first-order chi connectivity index (χ1) is 24.9. The molecular formula is C46H36N4Pt-2. The van der Waals surface area contributed by atoms with Gasteiger partial charge < -0.3 is 0 Å². The Morgan fingerprint density at radius 1 is 0.588 bits per heavy atom. The van der Waals surface area contributed by atoms with E-state index in [1.807, 2.05) is 12.3 Å². The molecule has 0 N–H and O–H groups in total. The van der Waals surface area contributed by atoms with Crippen LogP contribution in [0.3, 0.4) is 0 Å². The molecule has 0 fully saturated rings. The zero-order chi connectivity index (χ0) is 35.0. The third-order valence-electron chi connectivity index (χ3n) is 9.59. The second-order valence-corrected chi connectivity index (χ2v) is 14.1. The number of pyridine rings is 1. The summed E-state index contributed by atoms with van der Waals surface area (Å²) in [5.74, 6) is 0. The molecule has 0 radical (unpaired) electrons. The van der Waals surface area contributed by atoms with Gasteiger partial charge in [0.15, 0.2) is 0 Å². The molecule has 2 aromatic heterocycles. The normalized spacial score (nSPS) is 11.5. The molecule has 0 aliphatic heterocycles. The van der Waals surface area contributed by atoms with Crippen LogP contribution in [0.2, 0.25) is 0 Å². The van der Waals surface area contributed by atoms with Crippen molar-refractivity contribution in [3.63, 3.8) is 0 Å². The van der Waals surface area contributed by atoms with Gasteiger partial charge in [-0.15, -0.1) is 0 Å². The number of aryl methyl sites for hydroxylation is 1. The molecule has 0 aliphatic carbocycles. The number of anilines is 3. The van der Waals surface area contributed by atoms with E-state index in [9.17, 15) is 0 Å². The molecule has 0 atom stereocenters. The summed E-state index contributed by atoms with van der Waals surface area (Å²) in [5.41, 5.74) is 12.3. The van der Waals surface area contributed by atoms with E-state index in [1.165, 1.54) is 0 Å². The summed E-state index contributed by atoms with van der Waals surface area (Å²) in [5, 5.41) is 0. The Labute approximate surface area is 310 Å². The molecule has 8 rings (SSSR count). The molecule has 6 aromatic carbocycles. The van der Waals surface area contributed by atoms with Crippen molar-refractivity contribution < 1.29 is 19.4 Å². The van der Waals surface area contributed by atoms with Gasteiger partial charge in [-0.25, -0.2) is 0 Å². The molecule has 0 bridgehead atoms. The summed E-state index contributed by atoms with van der Waals surface area (Å²) in [7, 11) is 2.11. The Morgan fingerprint density at radius 3 is 1.80 bits per heavy atom. The van der Waals surface area contributed by atoms with E-state index in [4.69, 9.17) is 4.98 Å². The van der Waals surface area contributed by atoms with Crippen LogP contribution in [-0.4, -0.2) is 14.1 Å². The van der Waals surface area contributed by atoms with Gasteiger partial charge >= 0.3 is 294 Å². The molecule has 252 valence electrons. The number of rotatable bonds is 8. The zero-order valence-electron chi connectivity index (χ0n) is 28.7. The minimum atomic E-state index is -0.384. The Hall–Kier alpha value is -5.57. The first-order valence-electron chi connectivity index (χ1n) is 17.0. The molecule has 0 spiro atoms. The van der Waals surface area contributed by atoms with Crippen molar-refractivity contribution in [1.29, 1.82) is 0 Å². The second-order valence-electron chi connectivity index (χ2n) is 13.1. The summed E-state index contributed by atoms with van der Waals surface area (Å²) in [4.78, 5) is 7.10. The van der Waals surface area contributed by atoms with Crippen molar-refractivity contribution in [1.82, 2.24) is 14.1 Å². The maximum atomic E-state index is 4.76. The topological polar surface area (TPSA) is 26.0 Å². The number of nitrogens with zero attached hydrogens (tertiary/aromatic N) is 4. The van der Waals surface area contributed by atoms with Gasteiger partial charge in [0, 0.05) is 6.20 Å². The van der Waals surface area contributed by atoms with Gasteiger partial charge in [0.25, 0.3) is 0 Å². The Balaban J connectivity index is 1.42. The number of fused-ring (bicyclic) bond motifs is 1. The van der Waals surface area contributed by atoms with E-state index in [1.54, 1.807) is 0 Å². The molecule has 0 saturated heterocycles. The number of hydrogen-bond acceptors (Lipinski definition) is 2. The van der Waals surface area contributed by atoms with Crippen LogP contribution in [0.5, 0.6) is 0 Å². The Kier molecular flexibility index (Phi) is 8.71. The average molecular weight is 840 g/mol. The van der Waals surface area contributed by atoms with Gasteiger partial charge in [0.1, 0.15) is 0 Å². The molecule has 51 heavy (non-hydrogen) atoms. The fourth-order valence-corrected chi connectivity index (χ4v) is 7.70. The molecule has 2 heterocycles. The number of hydrogen-bond donors (Lipinski definition) is 0. The first kappa shape index (κ1) is 32.6. The quantitative estimate of drug-likeness (QED) is 0.143. The van der Waals surface area contributed by atoms with Crippen LogP contribution in [0, 0.1) is 15.9 Å². The van der Waals surface area contributed by atoms with E-state index >= 15 is 0 Å². The molecule has 8 aromatic rings. The zero-order valence-corrected chi connectivity index (χ0v) is 31.0. The van der Waals surface area contributed by atoms with Crippen LogP contribution >= 0.6 is 0 Å². The number of para-hydroxylation sites is 3. The van der Waals surface area contributed by atoms with E-state index < -0.39 is 0 Å². The van der Waals surface area contributed by atoms with Crippen molar-refractivity contribution in [2.75, 3.05) is 4.90 Å². The SMILES string of the molecule is Cn1[c](=[Pt])n(-c2[c-]c(N(c3[c-]c(C(C)(C)c4ccccn4)ccc3)c3c(-c4ccccc4)cccc3-c3ccccc3)ccc2)c2ccccc21. The van der Waals surface area contributed by atoms with Gasteiger partial charge in [-0.2, -0.15) is 0 Å². The van der Waals surface area contributed by atoms with Crippen molar-refractivity contribution >= 4 is 28.1 Å². The monoisotopic (exact) mass is 839 g/mol. The van der Waals surface area contributed by atoms with Crippen LogP contribution in [0.4, 0.5) is 17.1 Å². The summed E-state index contributed by atoms with van der Waals surface area (Å²) in [6.45, 7) is 4.43. The summed E-state index contributed by atoms with van der Waals surface area (Å²) >= 11 is 2.42. The minimum absolute atomic E-state index is 0.384. The summed E-state index contributed by atoms with van der Waals surface area (Å²) in [6, 6.07) is 63.2. The van der Waals surface area contributed by atoms with Gasteiger partial charge in [-0.05, 0) is 6.07 Å². The number of aromatic nitrogens is 3. The van der Waals surface area contributed by atoms with Crippen LogP contribution in [0.15, 0.2) is 164 Å². The van der Waals surface area contributed by atoms with Crippen LogP contribution in [-0.2, 0) is 31.8 Å². The number of imidazole rings is 1.